The third-order valence-corrected chi connectivity index (χ3v) is 4.41. The first-order valence-electron chi connectivity index (χ1n) is 7.34. The maximum atomic E-state index is 11.9. The topological polar surface area (TPSA) is 58.6 Å². The molecular formula is C16H21NO3. The molecule has 3 atom stereocenters. The van der Waals surface area contributed by atoms with Crippen molar-refractivity contribution in [2.75, 3.05) is 0 Å². The summed E-state index contributed by atoms with van der Waals surface area (Å²) in [6.07, 6.45) is 3.65. The molecular weight excluding hydrogens is 254 g/mol. The van der Waals surface area contributed by atoms with Gasteiger partial charge in [-0.05, 0) is 24.8 Å². The maximum absolute atomic E-state index is 11.9. The van der Waals surface area contributed by atoms with Gasteiger partial charge in [-0.25, -0.2) is 0 Å². The lowest BCUT2D eigenvalue weighted by molar-refractivity contribution is -0.123. The van der Waals surface area contributed by atoms with Gasteiger partial charge in [-0.3, -0.25) is 4.79 Å². The lowest BCUT2D eigenvalue weighted by Crippen LogP contribution is -2.40. The number of ether oxygens (including phenoxy) is 1. The highest BCUT2D eigenvalue weighted by Gasteiger charge is 2.51. The highest BCUT2D eigenvalue weighted by Crippen LogP contribution is 2.43. The lowest BCUT2D eigenvalue weighted by atomic mass is 9.81. The Hall–Kier alpha value is -1.39. The Balaban J connectivity index is 1.43. The Morgan fingerprint density at radius 3 is 2.80 bits per heavy atom. The molecule has 2 fully saturated rings. The molecule has 2 heterocycles. The molecule has 2 aliphatic rings. The van der Waals surface area contributed by atoms with Gasteiger partial charge in [0.25, 0.3) is 0 Å². The standard InChI is InChI=1S/C16H21NO3/c18-15(17-11-12-4-2-1-3-5-12)8-9-16(19)10-13-6-7-14(16)20-13/h1-5,13-14,19H,6-11H2,(H,17,18)/t13-,14+,16-/m0/s1. The molecule has 4 nitrogen and oxygen atoms in total. The highest BCUT2D eigenvalue weighted by atomic mass is 16.5. The average molecular weight is 275 g/mol. The number of amides is 1. The minimum atomic E-state index is -0.785. The molecule has 20 heavy (non-hydrogen) atoms. The van der Waals surface area contributed by atoms with Crippen LogP contribution in [0.4, 0.5) is 0 Å². The van der Waals surface area contributed by atoms with Crippen LogP contribution in [0.15, 0.2) is 30.3 Å². The van der Waals surface area contributed by atoms with Crippen molar-refractivity contribution in [3.63, 3.8) is 0 Å². The van der Waals surface area contributed by atoms with Crippen molar-refractivity contribution in [2.24, 2.45) is 0 Å². The van der Waals surface area contributed by atoms with Gasteiger partial charge in [-0.15, -0.1) is 0 Å². The predicted molar refractivity (Wildman–Crippen MR) is 75.0 cm³/mol. The summed E-state index contributed by atoms with van der Waals surface area (Å²) < 4.78 is 5.67. The number of hydrogen-bond acceptors (Lipinski definition) is 3. The van der Waals surface area contributed by atoms with Gasteiger partial charge in [0.1, 0.15) is 0 Å². The number of carbonyl (C=O) groups excluding carboxylic acids is 1. The third kappa shape index (κ3) is 2.86. The van der Waals surface area contributed by atoms with Crippen molar-refractivity contribution in [1.82, 2.24) is 5.32 Å². The Labute approximate surface area is 119 Å². The summed E-state index contributed by atoms with van der Waals surface area (Å²) in [6, 6.07) is 9.83. The molecule has 4 heteroatoms. The van der Waals surface area contributed by atoms with Crippen LogP contribution in [-0.4, -0.2) is 28.8 Å². The SMILES string of the molecule is O=C(CC[C@]1(O)C[C@@H]2CC[C@H]1O2)NCc1ccccc1. The normalized spacial score (nSPS) is 31.4. The fraction of sp³-hybridized carbons (Fsp3) is 0.562. The van der Waals surface area contributed by atoms with Crippen LogP contribution < -0.4 is 5.32 Å². The van der Waals surface area contributed by atoms with Crippen LogP contribution in [-0.2, 0) is 16.1 Å². The lowest BCUT2D eigenvalue weighted by Gasteiger charge is -2.29. The van der Waals surface area contributed by atoms with Crippen LogP contribution >= 0.6 is 0 Å². The van der Waals surface area contributed by atoms with Crippen LogP contribution in [0.1, 0.15) is 37.7 Å². The molecule has 1 aromatic rings. The fourth-order valence-electron chi connectivity index (χ4n) is 3.25. The molecule has 1 aromatic carbocycles. The summed E-state index contributed by atoms with van der Waals surface area (Å²) in [5, 5.41) is 13.4. The summed E-state index contributed by atoms with van der Waals surface area (Å²) >= 11 is 0. The molecule has 0 aromatic heterocycles. The van der Waals surface area contributed by atoms with Crippen molar-refractivity contribution < 1.29 is 14.6 Å². The second kappa shape index (κ2) is 5.54. The molecule has 2 saturated heterocycles. The van der Waals surface area contributed by atoms with Crippen molar-refractivity contribution in [1.29, 1.82) is 0 Å². The first kappa shape index (κ1) is 13.6. The maximum Gasteiger partial charge on any atom is 0.220 e. The van der Waals surface area contributed by atoms with Crippen molar-refractivity contribution >= 4 is 5.91 Å². The molecule has 2 aliphatic heterocycles. The highest BCUT2D eigenvalue weighted by molar-refractivity contribution is 5.75. The molecule has 0 spiro atoms. The monoisotopic (exact) mass is 275 g/mol. The Bertz CT molecular complexity index is 476. The summed E-state index contributed by atoms with van der Waals surface area (Å²) in [5.74, 6) is -0.00921. The van der Waals surface area contributed by atoms with E-state index in [9.17, 15) is 9.90 Å². The van der Waals surface area contributed by atoms with Gasteiger partial charge in [0.15, 0.2) is 0 Å². The number of fused-ring (bicyclic) bond motifs is 2. The van der Waals surface area contributed by atoms with E-state index in [1.807, 2.05) is 30.3 Å². The molecule has 0 radical (unpaired) electrons. The van der Waals surface area contributed by atoms with E-state index < -0.39 is 5.60 Å². The number of aliphatic hydroxyl groups is 1. The van der Waals surface area contributed by atoms with E-state index in [0.717, 1.165) is 18.4 Å². The number of nitrogens with one attached hydrogen (secondary N) is 1. The van der Waals surface area contributed by atoms with Crippen LogP contribution in [0.2, 0.25) is 0 Å². The first-order chi connectivity index (χ1) is 9.66. The Kier molecular flexibility index (Phi) is 3.76. The van der Waals surface area contributed by atoms with Gasteiger partial charge in [-0.2, -0.15) is 0 Å². The van der Waals surface area contributed by atoms with E-state index in [2.05, 4.69) is 5.32 Å². The van der Waals surface area contributed by atoms with E-state index in [1.165, 1.54) is 0 Å². The molecule has 1 amide bonds. The van der Waals surface area contributed by atoms with E-state index in [1.54, 1.807) is 0 Å². The largest absolute Gasteiger partial charge is 0.387 e. The second-order valence-electron chi connectivity index (χ2n) is 5.89. The number of hydrogen-bond donors (Lipinski definition) is 2. The second-order valence-corrected chi connectivity index (χ2v) is 5.89. The zero-order chi connectivity index (χ0) is 14.0. The van der Waals surface area contributed by atoms with Gasteiger partial charge < -0.3 is 15.2 Å². The molecule has 0 aliphatic carbocycles. The van der Waals surface area contributed by atoms with Gasteiger partial charge in [0.05, 0.1) is 17.8 Å². The van der Waals surface area contributed by atoms with Crippen molar-refractivity contribution in [3.05, 3.63) is 35.9 Å². The minimum Gasteiger partial charge on any atom is -0.387 e. The summed E-state index contributed by atoms with van der Waals surface area (Å²) in [6.45, 7) is 0.542. The summed E-state index contributed by atoms with van der Waals surface area (Å²) in [4.78, 5) is 11.9. The van der Waals surface area contributed by atoms with Gasteiger partial charge in [0, 0.05) is 19.4 Å². The molecule has 2 N–H and O–H groups in total. The average Bonchev–Trinajstić information content (AvgIpc) is 3.04. The van der Waals surface area contributed by atoms with Crippen LogP contribution in [0.5, 0.6) is 0 Å². The summed E-state index contributed by atoms with van der Waals surface area (Å²) in [7, 11) is 0. The van der Waals surface area contributed by atoms with Gasteiger partial charge in [-0.1, -0.05) is 30.3 Å². The van der Waals surface area contributed by atoms with E-state index >= 15 is 0 Å². The number of benzene rings is 1. The molecule has 108 valence electrons. The van der Waals surface area contributed by atoms with Crippen LogP contribution in [0, 0.1) is 0 Å². The molecule has 2 bridgehead atoms. The Morgan fingerprint density at radius 2 is 2.15 bits per heavy atom. The smallest absolute Gasteiger partial charge is 0.220 e. The predicted octanol–water partition coefficient (Wildman–Crippen LogP) is 1.77. The first-order valence-corrected chi connectivity index (χ1v) is 7.34. The van der Waals surface area contributed by atoms with E-state index in [4.69, 9.17) is 4.74 Å². The Morgan fingerprint density at radius 1 is 1.35 bits per heavy atom. The number of rotatable bonds is 5. The van der Waals surface area contributed by atoms with Crippen molar-refractivity contribution in [2.45, 2.75) is 56.5 Å². The van der Waals surface area contributed by atoms with Crippen LogP contribution in [0.3, 0.4) is 0 Å². The molecule has 3 rings (SSSR count). The summed E-state index contributed by atoms with van der Waals surface area (Å²) in [5.41, 5.74) is 0.301. The zero-order valence-electron chi connectivity index (χ0n) is 11.5. The van der Waals surface area contributed by atoms with Crippen molar-refractivity contribution in [3.8, 4) is 0 Å². The van der Waals surface area contributed by atoms with Gasteiger partial charge in [0.2, 0.25) is 5.91 Å². The van der Waals surface area contributed by atoms with Gasteiger partial charge >= 0.3 is 0 Å². The van der Waals surface area contributed by atoms with E-state index in [-0.39, 0.29) is 18.1 Å². The third-order valence-electron chi connectivity index (χ3n) is 4.41. The minimum absolute atomic E-state index is 0.00921. The zero-order valence-corrected chi connectivity index (χ0v) is 11.5. The van der Waals surface area contributed by atoms with Crippen LogP contribution in [0.25, 0.3) is 0 Å². The number of carbonyl (C=O) groups is 1. The molecule has 0 unspecified atom stereocenters. The van der Waals surface area contributed by atoms with E-state index in [0.29, 0.717) is 25.8 Å². The quantitative estimate of drug-likeness (QED) is 0.861. The fourth-order valence-corrected chi connectivity index (χ4v) is 3.25. The molecule has 0 saturated carbocycles.